The minimum atomic E-state index is -0.527. The van der Waals surface area contributed by atoms with Crippen LogP contribution in [-0.2, 0) is 0 Å². The average Bonchev–Trinajstić information content (AvgIpc) is 2.29. The molecule has 1 rings (SSSR count). The lowest BCUT2D eigenvalue weighted by Crippen LogP contribution is -2.20. The van der Waals surface area contributed by atoms with Gasteiger partial charge in [-0.25, -0.2) is 4.98 Å². The highest BCUT2D eigenvalue weighted by molar-refractivity contribution is 5.61. The summed E-state index contributed by atoms with van der Waals surface area (Å²) in [6, 6.07) is 0. The van der Waals surface area contributed by atoms with Crippen LogP contribution in [0.15, 0.2) is 6.33 Å². The number of nitrogens with zero attached hydrogens (tertiary/aromatic N) is 3. The van der Waals surface area contributed by atoms with Crippen LogP contribution in [0.4, 0.5) is 11.5 Å². The van der Waals surface area contributed by atoms with E-state index in [1.54, 1.807) is 0 Å². The Morgan fingerprint density at radius 3 is 2.61 bits per heavy atom. The van der Waals surface area contributed by atoms with Gasteiger partial charge in [-0.1, -0.05) is 13.8 Å². The van der Waals surface area contributed by atoms with Gasteiger partial charge in [-0.15, -0.1) is 0 Å². The van der Waals surface area contributed by atoms with Gasteiger partial charge in [0.15, 0.2) is 0 Å². The second kappa shape index (κ2) is 6.13. The molecule has 0 saturated carbocycles. The first-order valence-corrected chi connectivity index (χ1v) is 5.87. The smallest absolute Gasteiger partial charge is 0.372 e. The maximum absolute atomic E-state index is 11.1. The number of hydrogen-bond donors (Lipinski definition) is 1. The van der Waals surface area contributed by atoms with Crippen LogP contribution in [0.5, 0.6) is 5.88 Å². The minimum Gasteiger partial charge on any atom is -0.469 e. The Hall–Kier alpha value is -1.92. The second-order valence-corrected chi connectivity index (χ2v) is 4.23. The molecule has 0 aliphatic carbocycles. The van der Waals surface area contributed by atoms with E-state index in [0.29, 0.717) is 6.54 Å². The van der Waals surface area contributed by atoms with Gasteiger partial charge < -0.3 is 10.1 Å². The quantitative estimate of drug-likeness (QED) is 0.618. The molecule has 0 aliphatic heterocycles. The van der Waals surface area contributed by atoms with Crippen molar-refractivity contribution >= 4 is 11.5 Å². The Bertz CT molecular complexity index is 423. The van der Waals surface area contributed by atoms with Gasteiger partial charge in [-0.05, 0) is 19.8 Å². The van der Waals surface area contributed by atoms with E-state index in [0.717, 1.165) is 0 Å². The molecule has 0 spiro atoms. The summed E-state index contributed by atoms with van der Waals surface area (Å²) < 4.78 is 5.52. The van der Waals surface area contributed by atoms with E-state index in [1.807, 2.05) is 27.7 Å². The van der Waals surface area contributed by atoms with Gasteiger partial charge in [0.25, 0.3) is 5.88 Å². The van der Waals surface area contributed by atoms with Crippen LogP contribution < -0.4 is 10.1 Å². The largest absolute Gasteiger partial charge is 0.469 e. The van der Waals surface area contributed by atoms with Gasteiger partial charge in [0.05, 0.1) is 4.92 Å². The monoisotopic (exact) mass is 254 g/mol. The highest BCUT2D eigenvalue weighted by atomic mass is 16.6. The third kappa shape index (κ3) is 3.28. The molecule has 18 heavy (non-hydrogen) atoms. The van der Waals surface area contributed by atoms with E-state index in [4.69, 9.17) is 4.74 Å². The van der Waals surface area contributed by atoms with Crippen molar-refractivity contribution in [2.75, 3.05) is 11.9 Å². The molecular weight excluding hydrogens is 236 g/mol. The van der Waals surface area contributed by atoms with E-state index >= 15 is 0 Å². The lowest BCUT2D eigenvalue weighted by Gasteiger charge is -2.17. The van der Waals surface area contributed by atoms with Crippen LogP contribution in [0.2, 0.25) is 0 Å². The highest BCUT2D eigenvalue weighted by Gasteiger charge is 2.25. The molecule has 7 nitrogen and oxygen atoms in total. The standard InChI is InChI=1S/C11H18N4O3/c1-5-12-10-9(15(16)17)11(14-6-13-10)18-8(4)7(2)3/h6-8H,5H2,1-4H3,(H,12,13,14). The van der Waals surface area contributed by atoms with Crippen LogP contribution >= 0.6 is 0 Å². The summed E-state index contributed by atoms with van der Waals surface area (Å²) in [6.45, 7) is 8.18. The second-order valence-electron chi connectivity index (χ2n) is 4.23. The van der Waals surface area contributed by atoms with Gasteiger partial charge in [-0.3, -0.25) is 10.1 Å². The topological polar surface area (TPSA) is 90.2 Å². The van der Waals surface area contributed by atoms with Gasteiger partial charge >= 0.3 is 5.69 Å². The van der Waals surface area contributed by atoms with Gasteiger partial charge in [0.1, 0.15) is 12.4 Å². The van der Waals surface area contributed by atoms with Crippen molar-refractivity contribution in [3.63, 3.8) is 0 Å². The summed E-state index contributed by atoms with van der Waals surface area (Å²) in [7, 11) is 0. The molecule has 1 heterocycles. The van der Waals surface area contributed by atoms with E-state index in [-0.39, 0.29) is 29.4 Å². The van der Waals surface area contributed by atoms with Crippen LogP contribution in [0.1, 0.15) is 27.7 Å². The zero-order chi connectivity index (χ0) is 13.7. The summed E-state index contributed by atoms with van der Waals surface area (Å²) in [6.07, 6.45) is 1.10. The Balaban J connectivity index is 3.10. The van der Waals surface area contributed by atoms with E-state index in [1.165, 1.54) is 6.33 Å². The van der Waals surface area contributed by atoms with Gasteiger partial charge in [0.2, 0.25) is 5.82 Å². The molecule has 1 aromatic rings. The van der Waals surface area contributed by atoms with Crippen LogP contribution in [0, 0.1) is 16.0 Å². The van der Waals surface area contributed by atoms with E-state index in [9.17, 15) is 10.1 Å². The Kier molecular flexibility index (Phi) is 4.82. The summed E-state index contributed by atoms with van der Waals surface area (Å²) in [4.78, 5) is 18.3. The predicted octanol–water partition coefficient (Wildman–Crippen LogP) is 2.24. The maximum atomic E-state index is 11.1. The zero-order valence-corrected chi connectivity index (χ0v) is 11.0. The summed E-state index contributed by atoms with van der Waals surface area (Å²) in [5.74, 6) is 0.428. The lowest BCUT2D eigenvalue weighted by atomic mass is 10.1. The number of nitrogens with one attached hydrogen (secondary N) is 1. The molecule has 1 atom stereocenters. The van der Waals surface area contributed by atoms with Crippen molar-refractivity contribution in [1.29, 1.82) is 0 Å². The molecule has 7 heteroatoms. The fourth-order valence-electron chi connectivity index (χ4n) is 1.22. The minimum absolute atomic E-state index is 0.00662. The van der Waals surface area contributed by atoms with Crippen molar-refractivity contribution in [3.05, 3.63) is 16.4 Å². The normalized spacial score (nSPS) is 12.3. The van der Waals surface area contributed by atoms with E-state index in [2.05, 4.69) is 15.3 Å². The number of hydrogen-bond acceptors (Lipinski definition) is 6. The molecule has 100 valence electrons. The highest BCUT2D eigenvalue weighted by Crippen LogP contribution is 2.31. The maximum Gasteiger partial charge on any atom is 0.372 e. The Morgan fingerprint density at radius 1 is 1.44 bits per heavy atom. The SMILES string of the molecule is CCNc1ncnc(OC(C)C(C)C)c1[N+](=O)[O-]. The molecule has 1 unspecified atom stereocenters. The number of ether oxygens (including phenoxy) is 1. The Labute approximate surface area is 106 Å². The molecule has 0 saturated heterocycles. The molecule has 1 N–H and O–H groups in total. The number of rotatable bonds is 6. The van der Waals surface area contributed by atoms with Gasteiger partial charge in [0, 0.05) is 6.54 Å². The number of aromatic nitrogens is 2. The molecule has 0 bridgehead atoms. The summed E-state index contributed by atoms with van der Waals surface area (Å²) >= 11 is 0. The lowest BCUT2D eigenvalue weighted by molar-refractivity contribution is -0.385. The number of nitro groups is 1. The van der Waals surface area contributed by atoms with Crippen molar-refractivity contribution < 1.29 is 9.66 Å². The molecule has 0 radical (unpaired) electrons. The van der Waals surface area contributed by atoms with Gasteiger partial charge in [-0.2, -0.15) is 4.98 Å². The molecule has 0 aromatic carbocycles. The molecule has 1 aromatic heterocycles. The van der Waals surface area contributed by atoms with Crippen molar-refractivity contribution in [2.45, 2.75) is 33.8 Å². The molecule has 0 aliphatic rings. The average molecular weight is 254 g/mol. The third-order valence-electron chi connectivity index (χ3n) is 2.55. The van der Waals surface area contributed by atoms with Crippen molar-refractivity contribution in [1.82, 2.24) is 9.97 Å². The fourth-order valence-corrected chi connectivity index (χ4v) is 1.22. The molecule has 0 amide bonds. The zero-order valence-electron chi connectivity index (χ0n) is 11.0. The first kappa shape index (κ1) is 14.1. The van der Waals surface area contributed by atoms with Crippen molar-refractivity contribution in [3.8, 4) is 5.88 Å². The summed E-state index contributed by atoms with van der Waals surface area (Å²) in [5, 5.41) is 13.9. The molecular formula is C11H18N4O3. The van der Waals surface area contributed by atoms with Crippen LogP contribution in [0.25, 0.3) is 0 Å². The molecule has 0 fully saturated rings. The Morgan fingerprint density at radius 2 is 2.11 bits per heavy atom. The first-order valence-electron chi connectivity index (χ1n) is 5.87. The number of anilines is 1. The fraction of sp³-hybridized carbons (Fsp3) is 0.636. The van der Waals surface area contributed by atoms with Crippen LogP contribution in [-0.4, -0.2) is 27.5 Å². The summed E-state index contributed by atoms with van der Waals surface area (Å²) in [5.41, 5.74) is -0.216. The predicted molar refractivity (Wildman–Crippen MR) is 67.8 cm³/mol. The first-order chi connectivity index (χ1) is 8.47. The van der Waals surface area contributed by atoms with Crippen LogP contribution in [0.3, 0.4) is 0 Å². The van der Waals surface area contributed by atoms with E-state index < -0.39 is 4.92 Å². The third-order valence-corrected chi connectivity index (χ3v) is 2.55. The van der Waals surface area contributed by atoms with Crippen molar-refractivity contribution in [2.24, 2.45) is 5.92 Å².